The normalized spacial score (nSPS) is 14.7. The van der Waals surface area contributed by atoms with Gasteiger partial charge in [-0.15, -0.1) is 0 Å². The summed E-state index contributed by atoms with van der Waals surface area (Å²) in [6.45, 7) is 5.93. The van der Waals surface area contributed by atoms with Crippen LogP contribution >= 0.6 is 11.6 Å². The van der Waals surface area contributed by atoms with Crippen molar-refractivity contribution in [2.45, 2.75) is 6.42 Å². The third-order valence-electron chi connectivity index (χ3n) is 5.95. The van der Waals surface area contributed by atoms with Crippen molar-refractivity contribution in [2.75, 3.05) is 44.7 Å². The molecule has 0 amide bonds. The largest absolute Gasteiger partial charge is 0.370 e. The highest BCUT2D eigenvalue weighted by Gasteiger charge is 2.18. The summed E-state index contributed by atoms with van der Waals surface area (Å²) >= 11 is 6.28. The summed E-state index contributed by atoms with van der Waals surface area (Å²) in [5, 5.41) is 5.30. The van der Waals surface area contributed by atoms with E-state index in [-0.39, 0.29) is 0 Å². The van der Waals surface area contributed by atoms with E-state index in [1.807, 2.05) is 30.3 Å². The summed E-state index contributed by atoms with van der Waals surface area (Å²) in [6.07, 6.45) is 4.84. The third kappa shape index (κ3) is 4.48. The minimum absolute atomic E-state index is 0.698. The molecule has 1 aliphatic heterocycles. The van der Waals surface area contributed by atoms with Crippen LogP contribution in [0.4, 0.5) is 5.82 Å². The number of aromatic nitrogens is 3. The second-order valence-electron chi connectivity index (χ2n) is 8.07. The fourth-order valence-corrected chi connectivity index (χ4v) is 4.49. The maximum absolute atomic E-state index is 6.28. The Morgan fingerprint density at radius 3 is 2.69 bits per heavy atom. The first-order valence-corrected chi connectivity index (χ1v) is 11.5. The van der Waals surface area contributed by atoms with Gasteiger partial charge in [-0.2, -0.15) is 0 Å². The highest BCUT2D eigenvalue weighted by molar-refractivity contribution is 6.30. The zero-order valence-electron chi connectivity index (χ0n) is 17.9. The first-order chi connectivity index (χ1) is 15.8. The number of hydrogen-bond acceptors (Lipinski definition) is 4. The molecule has 32 heavy (non-hydrogen) atoms. The topological polar surface area (TPSA) is 56.4 Å². The summed E-state index contributed by atoms with van der Waals surface area (Å²) in [5.74, 6) is 0.867. The molecule has 0 aliphatic carbocycles. The molecule has 1 fully saturated rings. The summed E-state index contributed by atoms with van der Waals surface area (Å²) in [4.78, 5) is 10.9. The molecule has 164 valence electrons. The molecular weight excluding hydrogens is 422 g/mol. The van der Waals surface area contributed by atoms with Gasteiger partial charge in [0.05, 0.1) is 25.1 Å². The Bertz CT molecular complexity index is 1190. The van der Waals surface area contributed by atoms with E-state index in [2.05, 4.69) is 50.3 Å². The predicted octanol–water partition coefficient (Wildman–Crippen LogP) is 3.46. The number of benzene rings is 2. The van der Waals surface area contributed by atoms with Gasteiger partial charge >= 0.3 is 0 Å². The standard InChI is InChI=1S/C25H26ClN5O/c26-20-8-4-9-21(16-20)31-17-22(19-6-2-1-3-7-19)23-24(28-18-29-25(23)31)27-10-5-11-30-12-14-32-15-13-30/h1-4,6-9,16-18H,5,10-15H2,(H,27,28,29)/p+1. The van der Waals surface area contributed by atoms with Crippen LogP contribution in [0.5, 0.6) is 0 Å². The van der Waals surface area contributed by atoms with Gasteiger partial charge in [0.1, 0.15) is 25.2 Å². The van der Waals surface area contributed by atoms with E-state index in [1.54, 1.807) is 11.2 Å². The first kappa shape index (κ1) is 20.9. The highest BCUT2D eigenvalue weighted by Crippen LogP contribution is 2.35. The van der Waals surface area contributed by atoms with Gasteiger partial charge in [0, 0.05) is 35.4 Å². The molecule has 4 aromatic rings. The van der Waals surface area contributed by atoms with Gasteiger partial charge < -0.3 is 19.5 Å². The lowest BCUT2D eigenvalue weighted by atomic mass is 10.1. The van der Waals surface area contributed by atoms with Crippen LogP contribution in [0.15, 0.2) is 67.1 Å². The number of morpholine rings is 1. The lowest BCUT2D eigenvalue weighted by Crippen LogP contribution is -3.14. The second kappa shape index (κ2) is 9.69. The van der Waals surface area contributed by atoms with Gasteiger partial charge in [0.15, 0.2) is 5.65 Å². The number of halogens is 1. The molecule has 3 heterocycles. The molecular formula is C25H27ClN5O+. The van der Waals surface area contributed by atoms with E-state index >= 15 is 0 Å². The second-order valence-corrected chi connectivity index (χ2v) is 8.51. The number of quaternary nitrogens is 1. The Morgan fingerprint density at radius 1 is 1.03 bits per heavy atom. The summed E-state index contributed by atoms with van der Waals surface area (Å²) in [5.41, 5.74) is 4.07. The minimum Gasteiger partial charge on any atom is -0.370 e. The van der Waals surface area contributed by atoms with Gasteiger partial charge in [-0.1, -0.05) is 48.0 Å². The fraction of sp³-hybridized carbons (Fsp3) is 0.280. The highest BCUT2D eigenvalue weighted by atomic mass is 35.5. The van der Waals surface area contributed by atoms with Crippen molar-refractivity contribution in [2.24, 2.45) is 0 Å². The molecule has 0 unspecified atom stereocenters. The van der Waals surface area contributed by atoms with E-state index in [4.69, 9.17) is 16.3 Å². The number of nitrogens with one attached hydrogen (secondary N) is 2. The molecule has 1 aliphatic rings. The Hall–Kier alpha value is -2.93. The first-order valence-electron chi connectivity index (χ1n) is 11.1. The summed E-state index contributed by atoms with van der Waals surface area (Å²) in [6, 6.07) is 18.2. The average molecular weight is 449 g/mol. The molecule has 2 aromatic heterocycles. The third-order valence-corrected chi connectivity index (χ3v) is 6.19. The number of hydrogen-bond donors (Lipinski definition) is 2. The van der Waals surface area contributed by atoms with Gasteiger partial charge in [0.2, 0.25) is 0 Å². The van der Waals surface area contributed by atoms with Crippen molar-refractivity contribution < 1.29 is 9.64 Å². The molecule has 2 N–H and O–H groups in total. The maximum Gasteiger partial charge on any atom is 0.150 e. The van der Waals surface area contributed by atoms with Crippen molar-refractivity contribution >= 4 is 28.5 Å². The van der Waals surface area contributed by atoms with Crippen LogP contribution in [-0.2, 0) is 4.74 Å². The summed E-state index contributed by atoms with van der Waals surface area (Å²) < 4.78 is 7.55. The van der Waals surface area contributed by atoms with Crippen LogP contribution in [0.2, 0.25) is 5.02 Å². The minimum atomic E-state index is 0.698. The van der Waals surface area contributed by atoms with E-state index < -0.39 is 0 Å². The SMILES string of the molecule is Clc1cccc(-n2cc(-c3ccccc3)c3c(NCCC[NH+]4CCOCC4)ncnc32)c1. The molecule has 5 rings (SSSR count). The van der Waals surface area contributed by atoms with Crippen LogP contribution in [0, 0.1) is 0 Å². The van der Waals surface area contributed by atoms with Crippen LogP contribution < -0.4 is 10.2 Å². The number of anilines is 1. The molecule has 6 nitrogen and oxygen atoms in total. The van der Waals surface area contributed by atoms with Crippen molar-refractivity contribution in [3.8, 4) is 16.8 Å². The van der Waals surface area contributed by atoms with Gasteiger partial charge in [-0.05, 0) is 23.8 Å². The zero-order valence-corrected chi connectivity index (χ0v) is 18.7. The van der Waals surface area contributed by atoms with Crippen LogP contribution in [0.1, 0.15) is 6.42 Å². The number of ether oxygens (including phenoxy) is 1. The monoisotopic (exact) mass is 448 g/mol. The molecule has 2 aromatic carbocycles. The van der Waals surface area contributed by atoms with Gasteiger partial charge in [0.25, 0.3) is 0 Å². The van der Waals surface area contributed by atoms with Crippen LogP contribution in [-0.4, -0.2) is 53.9 Å². The summed E-state index contributed by atoms with van der Waals surface area (Å²) in [7, 11) is 0. The lowest BCUT2D eigenvalue weighted by molar-refractivity contribution is -0.908. The maximum atomic E-state index is 6.28. The van der Waals surface area contributed by atoms with E-state index in [1.165, 1.54) is 0 Å². The van der Waals surface area contributed by atoms with E-state index in [0.29, 0.717) is 5.02 Å². The molecule has 7 heteroatoms. The van der Waals surface area contributed by atoms with Crippen LogP contribution in [0.3, 0.4) is 0 Å². The molecule has 0 radical (unpaired) electrons. The number of nitrogens with zero attached hydrogens (tertiary/aromatic N) is 3. The number of rotatable bonds is 7. The molecule has 0 atom stereocenters. The predicted molar refractivity (Wildman–Crippen MR) is 129 cm³/mol. The average Bonchev–Trinajstić information content (AvgIpc) is 3.24. The molecule has 0 spiro atoms. The van der Waals surface area contributed by atoms with Crippen LogP contribution in [0.25, 0.3) is 27.8 Å². The lowest BCUT2D eigenvalue weighted by Gasteiger charge is -2.23. The van der Waals surface area contributed by atoms with Crippen molar-refractivity contribution in [3.63, 3.8) is 0 Å². The Kier molecular flexibility index (Phi) is 6.34. The fourth-order valence-electron chi connectivity index (χ4n) is 4.31. The molecule has 1 saturated heterocycles. The quantitative estimate of drug-likeness (QED) is 0.425. The Balaban J connectivity index is 1.48. The van der Waals surface area contributed by atoms with E-state index in [0.717, 1.165) is 79.5 Å². The van der Waals surface area contributed by atoms with Crippen molar-refractivity contribution in [1.29, 1.82) is 0 Å². The molecule has 0 bridgehead atoms. The Labute approximate surface area is 192 Å². The van der Waals surface area contributed by atoms with Gasteiger partial charge in [-0.25, -0.2) is 9.97 Å². The van der Waals surface area contributed by atoms with Crippen molar-refractivity contribution in [3.05, 3.63) is 72.1 Å². The van der Waals surface area contributed by atoms with E-state index in [9.17, 15) is 0 Å². The zero-order chi connectivity index (χ0) is 21.8. The Morgan fingerprint density at radius 2 is 1.88 bits per heavy atom. The van der Waals surface area contributed by atoms with Crippen molar-refractivity contribution in [1.82, 2.24) is 14.5 Å². The smallest absolute Gasteiger partial charge is 0.150 e. The number of fused-ring (bicyclic) bond motifs is 1. The van der Waals surface area contributed by atoms with Gasteiger partial charge in [-0.3, -0.25) is 0 Å². The molecule has 0 saturated carbocycles.